The molecule has 1 aromatic rings. The van der Waals surface area contributed by atoms with Crippen LogP contribution in [0.15, 0.2) is 30.8 Å². The molecule has 0 amide bonds. The maximum absolute atomic E-state index is 12.7. The number of esters is 1. The average Bonchev–Trinajstić information content (AvgIpc) is 2.42. The molecule has 0 unspecified atom stereocenters. The molecule has 0 aliphatic carbocycles. The van der Waals surface area contributed by atoms with Crippen molar-refractivity contribution in [2.24, 2.45) is 0 Å². The molecule has 21 heavy (non-hydrogen) atoms. The van der Waals surface area contributed by atoms with Gasteiger partial charge in [0.2, 0.25) is 0 Å². The van der Waals surface area contributed by atoms with Crippen molar-refractivity contribution in [3.8, 4) is 5.75 Å². The molecule has 0 aliphatic heterocycles. The van der Waals surface area contributed by atoms with Gasteiger partial charge < -0.3 is 14.0 Å². The molecule has 0 saturated heterocycles. The van der Waals surface area contributed by atoms with Gasteiger partial charge in [-0.2, -0.15) is 8.78 Å². The van der Waals surface area contributed by atoms with Crippen molar-refractivity contribution in [2.45, 2.75) is 5.25 Å². The van der Waals surface area contributed by atoms with Gasteiger partial charge in [0.1, 0.15) is 19.0 Å². The lowest BCUT2D eigenvalue weighted by atomic mass is 10.2. The lowest BCUT2D eigenvalue weighted by Crippen LogP contribution is -2.39. The van der Waals surface area contributed by atoms with Crippen LogP contribution in [0.1, 0.15) is 5.56 Å². The van der Waals surface area contributed by atoms with Gasteiger partial charge in [-0.15, -0.1) is 0 Å². The van der Waals surface area contributed by atoms with Gasteiger partial charge in [-0.25, -0.2) is 13.2 Å². The summed E-state index contributed by atoms with van der Waals surface area (Å²) in [5.74, 6) is -2.04. The lowest BCUT2D eigenvalue weighted by Gasteiger charge is -2.18. The topological polar surface area (TPSA) is 92.7 Å². The molecule has 0 N–H and O–H groups in total. The van der Waals surface area contributed by atoms with Gasteiger partial charge in [0.25, 0.3) is 0 Å². The van der Waals surface area contributed by atoms with Crippen LogP contribution in [-0.4, -0.2) is 37.4 Å². The summed E-state index contributed by atoms with van der Waals surface area (Å²) in [6.45, 7) is 2.64. The van der Waals surface area contributed by atoms with E-state index in [1.807, 2.05) is 0 Å². The Morgan fingerprint density at radius 3 is 2.33 bits per heavy atom. The highest BCUT2D eigenvalue weighted by molar-refractivity contribution is 7.87. The van der Waals surface area contributed by atoms with Crippen molar-refractivity contribution in [1.82, 2.24) is 0 Å². The van der Waals surface area contributed by atoms with E-state index in [9.17, 15) is 26.5 Å². The average molecular weight is 321 g/mol. The van der Waals surface area contributed by atoms with Gasteiger partial charge >= 0.3 is 11.2 Å². The number of rotatable bonds is 7. The first-order valence-corrected chi connectivity index (χ1v) is 6.95. The summed E-state index contributed by atoms with van der Waals surface area (Å²) in [4.78, 5) is 10.8. The van der Waals surface area contributed by atoms with Gasteiger partial charge in [-0.3, -0.25) is 0 Å². The maximum Gasteiger partial charge on any atom is 0.428 e. The van der Waals surface area contributed by atoms with Crippen LogP contribution < -0.4 is 4.74 Å². The third-order valence-electron chi connectivity index (χ3n) is 2.25. The van der Waals surface area contributed by atoms with Crippen molar-refractivity contribution >= 4 is 22.2 Å². The van der Waals surface area contributed by atoms with Gasteiger partial charge in [0, 0.05) is 0 Å². The normalized spacial score (nSPS) is 11.8. The molecule has 1 aromatic carbocycles. The van der Waals surface area contributed by atoms with Crippen molar-refractivity contribution < 1.29 is 36.0 Å². The highest BCUT2D eigenvalue weighted by Gasteiger charge is 2.48. The summed E-state index contributed by atoms with van der Waals surface area (Å²) in [7, 11) is -6.11. The molecule has 0 aromatic heterocycles. The van der Waals surface area contributed by atoms with Crippen LogP contribution in [0.5, 0.6) is 5.75 Å². The summed E-state index contributed by atoms with van der Waals surface area (Å²) < 4.78 is 65.0. The predicted octanol–water partition coefficient (Wildman–Crippen LogP) is 1.39. The molecule has 0 radical (unpaired) electrons. The lowest BCUT2D eigenvalue weighted by molar-refractivity contribution is -0.162. The fourth-order valence-corrected chi connectivity index (χ4v) is 1.44. The Bertz CT molecular complexity index is 609. The van der Waals surface area contributed by atoms with E-state index in [0.29, 0.717) is 5.75 Å². The summed E-state index contributed by atoms with van der Waals surface area (Å²) in [6, 6.07) is 6.53. The van der Waals surface area contributed by atoms with Crippen LogP contribution in [0.3, 0.4) is 0 Å². The zero-order valence-electron chi connectivity index (χ0n) is 10.6. The number of ether oxygens (including phenoxy) is 2. The first-order chi connectivity index (χ1) is 9.68. The summed E-state index contributed by atoms with van der Waals surface area (Å²) in [6.07, 6.45) is 1.61. The number of hydrogen-bond acceptors (Lipinski definition) is 6. The fraction of sp³-hybridized carbons (Fsp3) is 0.250. The zero-order chi connectivity index (χ0) is 16.1. The molecule has 116 valence electrons. The Labute approximate surface area is 119 Å². The van der Waals surface area contributed by atoms with Gasteiger partial charge in [-0.1, -0.05) is 24.8 Å². The summed E-state index contributed by atoms with van der Waals surface area (Å²) in [5, 5.41) is -5.11. The quantitative estimate of drug-likeness (QED) is 0.428. The number of alkyl halides is 2. The van der Waals surface area contributed by atoms with E-state index in [1.165, 1.54) is 0 Å². The van der Waals surface area contributed by atoms with Crippen LogP contribution in [0, 0.1) is 0 Å². The smallest absolute Gasteiger partial charge is 0.428 e. The second-order valence-corrected chi connectivity index (χ2v) is 5.15. The predicted molar refractivity (Wildman–Crippen MR) is 67.6 cm³/mol. The Kier molecular flexibility index (Phi) is 5.39. The first-order valence-electron chi connectivity index (χ1n) is 5.54. The Morgan fingerprint density at radius 2 is 1.86 bits per heavy atom. The van der Waals surface area contributed by atoms with Crippen molar-refractivity contribution in [1.29, 1.82) is 0 Å². The second-order valence-electron chi connectivity index (χ2n) is 3.73. The van der Waals surface area contributed by atoms with E-state index in [1.54, 1.807) is 30.3 Å². The van der Waals surface area contributed by atoms with Crippen molar-refractivity contribution in [2.75, 3.05) is 13.2 Å². The van der Waals surface area contributed by atoms with E-state index in [2.05, 4.69) is 11.3 Å². The van der Waals surface area contributed by atoms with Gasteiger partial charge in [0.15, 0.2) is 10.1 Å². The van der Waals surface area contributed by atoms with Gasteiger partial charge in [-0.05, 0) is 17.7 Å². The van der Waals surface area contributed by atoms with Crippen molar-refractivity contribution in [3.63, 3.8) is 0 Å². The largest absolute Gasteiger partial charge is 0.743 e. The van der Waals surface area contributed by atoms with Crippen LogP contribution >= 0.6 is 0 Å². The molecule has 0 spiro atoms. The molecular weight excluding hydrogens is 310 g/mol. The highest BCUT2D eigenvalue weighted by Crippen LogP contribution is 2.22. The van der Waals surface area contributed by atoms with Gasteiger partial charge in [0.05, 0.1) is 0 Å². The molecule has 0 bridgehead atoms. The Hall–Kier alpha value is -2.00. The van der Waals surface area contributed by atoms with Crippen LogP contribution in [-0.2, 0) is 19.6 Å². The van der Waals surface area contributed by atoms with E-state index in [-0.39, 0.29) is 6.61 Å². The fourth-order valence-electron chi connectivity index (χ4n) is 1.18. The molecule has 6 nitrogen and oxygen atoms in total. The molecule has 0 fully saturated rings. The summed E-state index contributed by atoms with van der Waals surface area (Å²) >= 11 is 0. The van der Waals surface area contributed by atoms with E-state index in [4.69, 9.17) is 4.74 Å². The Balaban J connectivity index is 2.43. The van der Waals surface area contributed by atoms with Crippen molar-refractivity contribution in [3.05, 3.63) is 36.4 Å². The Morgan fingerprint density at radius 1 is 1.29 bits per heavy atom. The minimum absolute atomic E-state index is 0.284. The SMILES string of the molecule is C=Cc1ccc(OCCOC(=O)C(F)(F)S(=O)(=O)[O-])cc1. The van der Waals surface area contributed by atoms with E-state index < -0.39 is 27.9 Å². The molecule has 0 atom stereocenters. The van der Waals surface area contributed by atoms with Crippen LogP contribution in [0.25, 0.3) is 6.08 Å². The first kappa shape index (κ1) is 17.1. The molecular formula is C12H11F2O6S-. The standard InChI is InChI=1S/C12H12F2O6S/c1-2-9-3-5-10(6-4-9)19-7-8-20-11(15)12(13,14)21(16,17)18/h2-6H,1,7-8H2,(H,16,17,18)/p-1. The number of hydrogen-bond donors (Lipinski definition) is 0. The number of halogens is 2. The molecule has 1 rings (SSSR count). The third-order valence-corrected chi connectivity index (χ3v) is 3.05. The maximum atomic E-state index is 12.7. The number of carbonyl (C=O) groups excluding carboxylic acids is 1. The summed E-state index contributed by atoms with van der Waals surface area (Å²) in [5.41, 5.74) is 0.842. The van der Waals surface area contributed by atoms with E-state index >= 15 is 0 Å². The number of carbonyl (C=O) groups is 1. The number of benzene rings is 1. The third kappa shape index (κ3) is 4.50. The van der Waals surface area contributed by atoms with E-state index in [0.717, 1.165) is 5.56 Å². The highest BCUT2D eigenvalue weighted by atomic mass is 32.2. The van der Waals surface area contributed by atoms with Crippen LogP contribution in [0.2, 0.25) is 0 Å². The monoisotopic (exact) mass is 321 g/mol. The molecule has 0 heterocycles. The zero-order valence-corrected chi connectivity index (χ0v) is 11.4. The molecule has 0 aliphatic rings. The molecule has 9 heteroatoms. The minimum atomic E-state index is -6.11. The minimum Gasteiger partial charge on any atom is -0.743 e. The molecule has 0 saturated carbocycles. The second kappa shape index (κ2) is 6.64. The van der Waals surface area contributed by atoms with Crippen LogP contribution in [0.4, 0.5) is 8.78 Å².